The van der Waals surface area contributed by atoms with Gasteiger partial charge in [-0.25, -0.2) is 0 Å². The first-order valence-corrected chi connectivity index (χ1v) is 15.9. The molecule has 0 radical (unpaired) electrons. The Hall–Kier alpha value is 0.700. The van der Waals surface area contributed by atoms with E-state index in [1.165, 1.54) is 158 Å². The molecule has 0 aliphatic heterocycles. The zero-order chi connectivity index (χ0) is 21.1. The highest BCUT2D eigenvalue weighted by molar-refractivity contribution is 8.00. The van der Waals surface area contributed by atoms with Crippen LogP contribution in [0.4, 0.5) is 0 Å². The molecule has 0 rings (SSSR count). The summed E-state index contributed by atoms with van der Waals surface area (Å²) in [7, 11) is 0. The average molecular weight is 445 g/mol. The van der Waals surface area contributed by atoms with Gasteiger partial charge in [-0.05, 0) is 42.3 Å². The summed E-state index contributed by atoms with van der Waals surface area (Å²) < 4.78 is 0. The summed E-state index contributed by atoms with van der Waals surface area (Å²) >= 11 is 4.40. The van der Waals surface area contributed by atoms with Gasteiger partial charge in [0.25, 0.3) is 0 Å². The zero-order valence-corrected chi connectivity index (χ0v) is 22.1. The summed E-state index contributed by atoms with van der Waals surface area (Å²) in [6.07, 6.45) is 30.6. The molecule has 2 heteroatoms. The molecule has 29 heavy (non-hydrogen) atoms. The first-order valence-electron chi connectivity index (χ1n) is 13.6. The van der Waals surface area contributed by atoms with E-state index in [4.69, 9.17) is 0 Å². The molecule has 0 N–H and O–H groups in total. The standard InChI is InChI=1S/C27H56S2/c1-3-5-7-9-11-13-15-17-19-21-24-28-26-23-27-29-25-22-20-18-16-14-12-10-8-6-4-2/h3-27H2,1-2H3. The molecule has 0 saturated carbocycles. The van der Waals surface area contributed by atoms with E-state index in [2.05, 4.69) is 37.4 Å². The molecule has 0 aromatic rings. The molecule has 0 aliphatic rings. The van der Waals surface area contributed by atoms with Gasteiger partial charge in [0, 0.05) is 0 Å². The summed E-state index contributed by atoms with van der Waals surface area (Å²) in [5, 5.41) is 0. The third-order valence-corrected chi connectivity index (χ3v) is 8.17. The van der Waals surface area contributed by atoms with Gasteiger partial charge in [-0.3, -0.25) is 0 Å². The van der Waals surface area contributed by atoms with Crippen LogP contribution in [0.5, 0.6) is 0 Å². The van der Waals surface area contributed by atoms with E-state index in [9.17, 15) is 0 Å². The normalized spacial score (nSPS) is 11.4. The molecule has 0 aromatic heterocycles. The van der Waals surface area contributed by atoms with Crippen LogP contribution in [0.3, 0.4) is 0 Å². The van der Waals surface area contributed by atoms with Crippen molar-refractivity contribution in [3.8, 4) is 0 Å². The Balaban J connectivity index is 2.97. The minimum Gasteiger partial charge on any atom is -0.162 e. The molecule has 0 heterocycles. The summed E-state index contributed by atoms with van der Waals surface area (Å²) in [5.74, 6) is 5.59. The van der Waals surface area contributed by atoms with E-state index >= 15 is 0 Å². The van der Waals surface area contributed by atoms with E-state index in [1.807, 2.05) is 0 Å². The molecule has 0 atom stereocenters. The lowest BCUT2D eigenvalue weighted by Gasteiger charge is -2.04. The molecule has 0 spiro atoms. The van der Waals surface area contributed by atoms with Crippen LogP contribution in [0.1, 0.15) is 149 Å². The Labute approximate surface area is 194 Å². The number of unbranched alkanes of at least 4 members (excludes halogenated alkanes) is 18. The van der Waals surface area contributed by atoms with E-state index in [-0.39, 0.29) is 0 Å². The van der Waals surface area contributed by atoms with Crippen molar-refractivity contribution in [1.82, 2.24) is 0 Å². The van der Waals surface area contributed by atoms with Gasteiger partial charge in [0.05, 0.1) is 0 Å². The monoisotopic (exact) mass is 444 g/mol. The number of hydrogen-bond donors (Lipinski definition) is 0. The first-order chi connectivity index (χ1) is 14.4. The molecule has 0 unspecified atom stereocenters. The quantitative estimate of drug-likeness (QED) is 0.122. The van der Waals surface area contributed by atoms with Gasteiger partial charge in [0.2, 0.25) is 0 Å². The fourth-order valence-corrected chi connectivity index (χ4v) is 5.95. The third kappa shape index (κ3) is 28.7. The zero-order valence-electron chi connectivity index (χ0n) is 20.5. The lowest BCUT2D eigenvalue weighted by atomic mass is 10.1. The molecule has 0 nitrogen and oxygen atoms in total. The molecular weight excluding hydrogens is 388 g/mol. The van der Waals surface area contributed by atoms with Crippen LogP contribution in [0.2, 0.25) is 0 Å². The topological polar surface area (TPSA) is 0 Å². The van der Waals surface area contributed by atoms with Gasteiger partial charge >= 0.3 is 0 Å². The summed E-state index contributed by atoms with van der Waals surface area (Å²) in [4.78, 5) is 0. The smallest absolute Gasteiger partial charge is 0.00597 e. The number of rotatable bonds is 26. The molecule has 0 bridgehead atoms. The van der Waals surface area contributed by atoms with E-state index in [1.54, 1.807) is 0 Å². The molecular formula is C27H56S2. The van der Waals surface area contributed by atoms with Crippen molar-refractivity contribution in [3.05, 3.63) is 0 Å². The Morgan fingerprint density at radius 2 is 0.517 bits per heavy atom. The van der Waals surface area contributed by atoms with Gasteiger partial charge in [-0.1, -0.05) is 129 Å². The second-order valence-corrected chi connectivity index (χ2v) is 11.4. The predicted molar refractivity (Wildman–Crippen MR) is 143 cm³/mol. The van der Waals surface area contributed by atoms with Gasteiger partial charge in [0.1, 0.15) is 0 Å². The molecule has 0 fully saturated rings. The van der Waals surface area contributed by atoms with Crippen molar-refractivity contribution in [2.24, 2.45) is 0 Å². The fourth-order valence-electron chi connectivity index (χ4n) is 3.85. The second-order valence-electron chi connectivity index (χ2n) is 8.94. The van der Waals surface area contributed by atoms with Crippen LogP contribution < -0.4 is 0 Å². The largest absolute Gasteiger partial charge is 0.162 e. The Morgan fingerprint density at radius 3 is 0.828 bits per heavy atom. The molecule has 0 aromatic carbocycles. The van der Waals surface area contributed by atoms with Crippen molar-refractivity contribution in [2.75, 3.05) is 23.0 Å². The van der Waals surface area contributed by atoms with E-state index in [0.29, 0.717) is 0 Å². The van der Waals surface area contributed by atoms with E-state index < -0.39 is 0 Å². The van der Waals surface area contributed by atoms with Crippen LogP contribution in [0.15, 0.2) is 0 Å². The highest BCUT2D eigenvalue weighted by atomic mass is 32.2. The maximum Gasteiger partial charge on any atom is -0.00597 e. The van der Waals surface area contributed by atoms with E-state index in [0.717, 1.165) is 0 Å². The number of thioether (sulfide) groups is 2. The van der Waals surface area contributed by atoms with Crippen LogP contribution in [-0.2, 0) is 0 Å². The summed E-state index contributed by atoms with van der Waals surface area (Å²) in [5.41, 5.74) is 0. The maximum absolute atomic E-state index is 2.30. The van der Waals surface area contributed by atoms with Crippen LogP contribution in [0, 0.1) is 0 Å². The van der Waals surface area contributed by atoms with Crippen molar-refractivity contribution in [2.45, 2.75) is 149 Å². The summed E-state index contributed by atoms with van der Waals surface area (Å²) in [6, 6.07) is 0. The molecule has 0 amide bonds. The highest BCUT2D eigenvalue weighted by Crippen LogP contribution is 2.15. The Morgan fingerprint density at radius 1 is 0.276 bits per heavy atom. The highest BCUT2D eigenvalue weighted by Gasteiger charge is 1.96. The van der Waals surface area contributed by atoms with Crippen molar-refractivity contribution < 1.29 is 0 Å². The van der Waals surface area contributed by atoms with Crippen LogP contribution in [0.25, 0.3) is 0 Å². The third-order valence-electron chi connectivity index (χ3n) is 5.86. The van der Waals surface area contributed by atoms with Crippen molar-refractivity contribution >= 4 is 23.5 Å². The minimum atomic E-state index is 1.37. The minimum absolute atomic E-state index is 1.37. The van der Waals surface area contributed by atoms with Crippen molar-refractivity contribution in [3.63, 3.8) is 0 Å². The Kier molecular flexibility index (Phi) is 29.4. The maximum atomic E-state index is 2.30. The summed E-state index contributed by atoms with van der Waals surface area (Å²) in [6.45, 7) is 4.60. The predicted octanol–water partition coefficient (Wildman–Crippen LogP) is 10.7. The second kappa shape index (κ2) is 28.7. The first kappa shape index (κ1) is 29.7. The van der Waals surface area contributed by atoms with Gasteiger partial charge in [0.15, 0.2) is 0 Å². The molecule has 176 valence electrons. The average Bonchev–Trinajstić information content (AvgIpc) is 2.74. The SMILES string of the molecule is CCCCCCCCCCCCSCCCSCCCCCCCCCCCC. The lowest BCUT2D eigenvalue weighted by Crippen LogP contribution is -1.90. The molecule has 0 saturated heterocycles. The van der Waals surface area contributed by atoms with Crippen LogP contribution in [-0.4, -0.2) is 23.0 Å². The van der Waals surface area contributed by atoms with Gasteiger partial charge in [-0.15, -0.1) is 0 Å². The Bertz CT molecular complexity index is 241. The molecule has 0 aliphatic carbocycles. The fraction of sp³-hybridized carbons (Fsp3) is 1.00. The van der Waals surface area contributed by atoms with Crippen LogP contribution >= 0.6 is 23.5 Å². The number of hydrogen-bond acceptors (Lipinski definition) is 2. The lowest BCUT2D eigenvalue weighted by molar-refractivity contribution is 0.563. The van der Waals surface area contributed by atoms with Gasteiger partial charge in [-0.2, -0.15) is 23.5 Å². The van der Waals surface area contributed by atoms with Gasteiger partial charge < -0.3 is 0 Å². The van der Waals surface area contributed by atoms with Crippen molar-refractivity contribution in [1.29, 1.82) is 0 Å².